The lowest BCUT2D eigenvalue weighted by Crippen LogP contribution is -2.23. The smallest absolute Gasteiger partial charge is 0.338 e. The molecule has 102 valence electrons. The first kappa shape index (κ1) is 15.2. The molecule has 0 aliphatic carbocycles. The first-order valence-electron chi connectivity index (χ1n) is 5.71. The number of nitrogens with one attached hydrogen (secondary N) is 1. The predicted octanol–water partition coefficient (Wildman–Crippen LogP) is 1.16. The van der Waals surface area contributed by atoms with Crippen LogP contribution in [0.5, 0.6) is 0 Å². The van der Waals surface area contributed by atoms with Crippen molar-refractivity contribution in [2.24, 2.45) is 0 Å². The molecule has 0 bridgehead atoms. The number of carbonyl (C=O) groups is 1. The van der Waals surface area contributed by atoms with Gasteiger partial charge in [-0.05, 0) is 24.3 Å². The summed E-state index contributed by atoms with van der Waals surface area (Å²) in [6, 6.07) is 5.52. The summed E-state index contributed by atoms with van der Waals surface area (Å²) in [7, 11) is -3.50. The maximum Gasteiger partial charge on any atom is 0.338 e. The van der Waals surface area contributed by atoms with Crippen LogP contribution >= 0.6 is 0 Å². The average molecular weight is 281 g/mol. The molecule has 19 heavy (non-hydrogen) atoms. The van der Waals surface area contributed by atoms with Crippen LogP contribution in [0.3, 0.4) is 0 Å². The first-order chi connectivity index (χ1) is 9.01. The van der Waals surface area contributed by atoms with Gasteiger partial charge in [-0.2, -0.15) is 0 Å². The van der Waals surface area contributed by atoms with Gasteiger partial charge in [0.1, 0.15) is 6.61 Å². The number of sulfonamides is 1. The molecular weight excluding hydrogens is 266 g/mol. The lowest BCUT2D eigenvalue weighted by molar-refractivity contribution is 0.0513. The Morgan fingerprint density at radius 2 is 2.00 bits per heavy atom. The minimum atomic E-state index is -3.50. The van der Waals surface area contributed by atoms with Gasteiger partial charge in [0.2, 0.25) is 10.0 Å². The molecule has 1 N–H and O–H groups in total. The molecule has 1 rings (SSSR count). The van der Waals surface area contributed by atoms with E-state index in [0.717, 1.165) is 0 Å². The summed E-state index contributed by atoms with van der Waals surface area (Å²) in [6.45, 7) is 2.14. The van der Waals surface area contributed by atoms with E-state index >= 15 is 0 Å². The SMILES string of the molecule is C#CCCOC(=O)c1ccc(S(=O)(=O)NCC)cc1. The van der Waals surface area contributed by atoms with Gasteiger partial charge in [-0.3, -0.25) is 0 Å². The summed E-state index contributed by atoms with van der Waals surface area (Å²) in [6.07, 6.45) is 5.38. The van der Waals surface area contributed by atoms with Crippen molar-refractivity contribution in [2.75, 3.05) is 13.2 Å². The van der Waals surface area contributed by atoms with E-state index in [0.29, 0.717) is 13.0 Å². The van der Waals surface area contributed by atoms with E-state index in [1.807, 2.05) is 0 Å². The molecule has 0 heterocycles. The van der Waals surface area contributed by atoms with Gasteiger partial charge in [-0.15, -0.1) is 12.3 Å². The third kappa shape index (κ3) is 4.39. The van der Waals surface area contributed by atoms with Crippen LogP contribution in [0.1, 0.15) is 23.7 Å². The monoisotopic (exact) mass is 281 g/mol. The molecule has 0 unspecified atom stereocenters. The molecule has 1 aromatic rings. The Kier molecular flexibility index (Phi) is 5.55. The predicted molar refractivity (Wildman–Crippen MR) is 71.0 cm³/mol. The second-order valence-electron chi connectivity index (χ2n) is 3.62. The number of terminal acetylenes is 1. The Morgan fingerprint density at radius 1 is 1.37 bits per heavy atom. The Morgan fingerprint density at radius 3 is 2.53 bits per heavy atom. The maximum absolute atomic E-state index is 11.7. The molecule has 0 fully saturated rings. The highest BCUT2D eigenvalue weighted by Gasteiger charge is 2.13. The Bertz CT molecular complexity index is 570. The van der Waals surface area contributed by atoms with Crippen LogP contribution < -0.4 is 4.72 Å². The lowest BCUT2D eigenvalue weighted by atomic mass is 10.2. The molecule has 0 aromatic heterocycles. The number of rotatable bonds is 6. The minimum Gasteiger partial charge on any atom is -0.461 e. The van der Waals surface area contributed by atoms with Crippen LogP contribution in [0.15, 0.2) is 29.2 Å². The summed E-state index contributed by atoms with van der Waals surface area (Å²) in [5, 5.41) is 0. The number of ether oxygens (including phenoxy) is 1. The van der Waals surface area contributed by atoms with Crippen molar-refractivity contribution >= 4 is 16.0 Å². The van der Waals surface area contributed by atoms with E-state index in [4.69, 9.17) is 11.2 Å². The van der Waals surface area contributed by atoms with E-state index < -0.39 is 16.0 Å². The van der Waals surface area contributed by atoms with Crippen LogP contribution in [0.2, 0.25) is 0 Å². The zero-order valence-corrected chi connectivity index (χ0v) is 11.4. The van der Waals surface area contributed by atoms with Gasteiger partial charge in [0.25, 0.3) is 0 Å². The molecule has 0 aliphatic heterocycles. The molecule has 5 nitrogen and oxygen atoms in total. The molecule has 1 aromatic carbocycles. The number of hydrogen-bond acceptors (Lipinski definition) is 4. The van der Waals surface area contributed by atoms with E-state index in [2.05, 4.69) is 10.6 Å². The highest BCUT2D eigenvalue weighted by Crippen LogP contribution is 2.11. The summed E-state index contributed by atoms with van der Waals surface area (Å²) in [5.74, 6) is 1.83. The van der Waals surface area contributed by atoms with Gasteiger partial charge < -0.3 is 4.74 Å². The standard InChI is InChI=1S/C13H15NO4S/c1-3-5-10-18-13(15)11-6-8-12(9-7-11)19(16,17)14-4-2/h1,6-9,14H,4-5,10H2,2H3. The van der Waals surface area contributed by atoms with E-state index in [1.165, 1.54) is 24.3 Å². The van der Waals surface area contributed by atoms with Crippen LogP contribution in [0.25, 0.3) is 0 Å². The zero-order chi connectivity index (χ0) is 14.3. The second-order valence-corrected chi connectivity index (χ2v) is 5.38. The van der Waals surface area contributed by atoms with Crippen molar-refractivity contribution < 1.29 is 17.9 Å². The molecule has 0 saturated carbocycles. The summed E-state index contributed by atoms with van der Waals surface area (Å²) >= 11 is 0. The van der Waals surface area contributed by atoms with Gasteiger partial charge in [0, 0.05) is 13.0 Å². The molecule has 0 atom stereocenters. The number of carbonyl (C=O) groups excluding carboxylic acids is 1. The van der Waals surface area contributed by atoms with Crippen molar-refractivity contribution in [2.45, 2.75) is 18.2 Å². The topological polar surface area (TPSA) is 72.5 Å². The zero-order valence-electron chi connectivity index (χ0n) is 10.5. The number of benzene rings is 1. The van der Waals surface area contributed by atoms with Crippen LogP contribution in [-0.2, 0) is 14.8 Å². The van der Waals surface area contributed by atoms with Crippen molar-refractivity contribution in [1.29, 1.82) is 0 Å². The van der Waals surface area contributed by atoms with Crippen molar-refractivity contribution in [3.05, 3.63) is 29.8 Å². The Balaban J connectivity index is 2.77. The maximum atomic E-state index is 11.7. The lowest BCUT2D eigenvalue weighted by Gasteiger charge is -2.06. The Labute approximate surface area is 113 Å². The molecule has 0 spiro atoms. The van der Waals surface area contributed by atoms with E-state index in [9.17, 15) is 13.2 Å². The Hall–Kier alpha value is -1.84. The van der Waals surface area contributed by atoms with Crippen LogP contribution in [0.4, 0.5) is 0 Å². The fourth-order valence-corrected chi connectivity index (χ4v) is 2.37. The molecule has 0 aliphatic rings. The fourth-order valence-electron chi connectivity index (χ4n) is 1.33. The highest BCUT2D eigenvalue weighted by molar-refractivity contribution is 7.89. The van der Waals surface area contributed by atoms with Crippen molar-refractivity contribution in [3.63, 3.8) is 0 Å². The third-order valence-corrected chi connectivity index (χ3v) is 3.78. The molecule has 0 radical (unpaired) electrons. The van der Waals surface area contributed by atoms with Gasteiger partial charge in [-0.25, -0.2) is 17.9 Å². The van der Waals surface area contributed by atoms with Crippen LogP contribution in [0, 0.1) is 12.3 Å². The summed E-state index contributed by atoms with van der Waals surface area (Å²) in [4.78, 5) is 11.7. The second kappa shape index (κ2) is 6.92. The molecule has 6 heteroatoms. The first-order valence-corrected chi connectivity index (χ1v) is 7.20. The molecule has 0 saturated heterocycles. The summed E-state index contributed by atoms with van der Waals surface area (Å²) in [5.41, 5.74) is 0.285. The number of esters is 1. The van der Waals surface area contributed by atoms with Gasteiger partial charge in [0.05, 0.1) is 10.5 Å². The van der Waals surface area contributed by atoms with E-state index in [-0.39, 0.29) is 17.1 Å². The van der Waals surface area contributed by atoms with Crippen molar-refractivity contribution in [3.8, 4) is 12.3 Å². The third-order valence-electron chi connectivity index (χ3n) is 2.21. The van der Waals surface area contributed by atoms with Crippen molar-refractivity contribution in [1.82, 2.24) is 4.72 Å². The number of hydrogen-bond donors (Lipinski definition) is 1. The summed E-state index contributed by atoms with van der Waals surface area (Å²) < 4.78 is 30.6. The van der Waals surface area contributed by atoms with Crippen LogP contribution in [-0.4, -0.2) is 27.5 Å². The van der Waals surface area contributed by atoms with Gasteiger partial charge in [-0.1, -0.05) is 6.92 Å². The highest BCUT2D eigenvalue weighted by atomic mass is 32.2. The average Bonchev–Trinajstić information content (AvgIpc) is 2.39. The molecular formula is C13H15NO4S. The largest absolute Gasteiger partial charge is 0.461 e. The minimum absolute atomic E-state index is 0.106. The van der Waals surface area contributed by atoms with Gasteiger partial charge in [0.15, 0.2) is 0 Å². The quantitative estimate of drug-likeness (QED) is 0.482. The fraction of sp³-hybridized carbons (Fsp3) is 0.308. The van der Waals surface area contributed by atoms with E-state index in [1.54, 1.807) is 6.92 Å². The normalized spacial score (nSPS) is 10.7. The molecule has 0 amide bonds. The van der Waals surface area contributed by atoms with Gasteiger partial charge >= 0.3 is 5.97 Å².